The predicted octanol–water partition coefficient (Wildman–Crippen LogP) is 4.74. The van der Waals surface area contributed by atoms with Gasteiger partial charge in [-0.05, 0) is 19.1 Å². The van der Waals surface area contributed by atoms with E-state index in [4.69, 9.17) is 11.6 Å². The van der Waals surface area contributed by atoms with Crippen molar-refractivity contribution in [3.8, 4) is 5.69 Å². The lowest BCUT2D eigenvalue weighted by Gasteiger charge is -2.20. The number of hydrogen-bond donors (Lipinski definition) is 0. The van der Waals surface area contributed by atoms with E-state index < -0.39 is 17.8 Å². The second-order valence-electron chi connectivity index (χ2n) is 5.85. The van der Waals surface area contributed by atoms with Crippen molar-refractivity contribution in [3.63, 3.8) is 0 Å². The average molecular weight is 421 g/mol. The highest BCUT2D eigenvalue weighted by atomic mass is 35.5. The lowest BCUT2D eigenvalue weighted by molar-refractivity contribution is -0.133. The number of carbonyl (C=O) groups excluding carboxylic acids is 1. The number of pyridine rings is 1. The van der Waals surface area contributed by atoms with Crippen LogP contribution in [0.3, 0.4) is 0 Å². The highest BCUT2D eigenvalue weighted by Gasteiger charge is 2.30. The van der Waals surface area contributed by atoms with Gasteiger partial charge in [0.05, 0.1) is 24.5 Å². The van der Waals surface area contributed by atoms with Gasteiger partial charge in [-0.1, -0.05) is 18.5 Å². The summed E-state index contributed by atoms with van der Waals surface area (Å²) in [6.45, 7) is 3.68. The number of halogens is 4. The second-order valence-corrected chi connectivity index (χ2v) is 7.75. The molecule has 148 valence electrons. The number of anilines is 1. The normalized spacial score (nSPS) is 12.8. The van der Waals surface area contributed by atoms with Crippen LogP contribution in [0, 0.1) is 0 Å². The van der Waals surface area contributed by atoms with Crippen molar-refractivity contribution in [2.75, 3.05) is 17.2 Å². The summed E-state index contributed by atoms with van der Waals surface area (Å²) >= 11 is 7.32. The van der Waals surface area contributed by atoms with Gasteiger partial charge in [0.15, 0.2) is 5.15 Å². The summed E-state index contributed by atoms with van der Waals surface area (Å²) < 4.78 is 38.6. The van der Waals surface area contributed by atoms with Crippen molar-refractivity contribution in [1.82, 2.24) is 14.8 Å². The van der Waals surface area contributed by atoms with Gasteiger partial charge in [0.2, 0.25) is 5.91 Å². The Morgan fingerprint density at radius 3 is 2.78 bits per heavy atom. The molecule has 0 N–H and O–H groups in total. The van der Waals surface area contributed by atoms with E-state index in [1.807, 2.05) is 0 Å². The fourth-order valence-corrected chi connectivity index (χ4v) is 3.73. The molecule has 2 heterocycles. The van der Waals surface area contributed by atoms with E-state index >= 15 is 0 Å². The van der Waals surface area contributed by atoms with Gasteiger partial charge in [0, 0.05) is 30.2 Å². The zero-order chi connectivity index (χ0) is 20.0. The van der Waals surface area contributed by atoms with Crippen LogP contribution in [0.4, 0.5) is 18.9 Å². The van der Waals surface area contributed by atoms with Gasteiger partial charge in [-0.15, -0.1) is 0 Å². The van der Waals surface area contributed by atoms with E-state index in [2.05, 4.69) is 10.1 Å². The number of amides is 1. The molecule has 5 nitrogen and oxygen atoms in total. The van der Waals surface area contributed by atoms with Gasteiger partial charge in [-0.25, -0.2) is 4.68 Å². The zero-order valence-electron chi connectivity index (χ0n) is 14.9. The van der Waals surface area contributed by atoms with Gasteiger partial charge in [-0.2, -0.15) is 30.0 Å². The fourth-order valence-electron chi connectivity index (χ4n) is 2.49. The van der Waals surface area contributed by atoms with Crippen LogP contribution in [0.25, 0.3) is 5.69 Å². The van der Waals surface area contributed by atoms with Crippen molar-refractivity contribution >= 4 is 35.0 Å². The smallest absolute Gasteiger partial charge is 0.308 e. The lowest BCUT2D eigenvalue weighted by atomic mass is 10.3. The SMILES string of the molecule is CCN(C(=O)CCSC(C)CC(F)(F)F)c1cn(-c2cccnc2)nc1Cl. The summed E-state index contributed by atoms with van der Waals surface area (Å²) in [6, 6.07) is 3.56. The van der Waals surface area contributed by atoms with Crippen LogP contribution in [0.15, 0.2) is 30.7 Å². The average Bonchev–Trinajstić information content (AvgIpc) is 2.96. The highest BCUT2D eigenvalue weighted by molar-refractivity contribution is 7.99. The molecule has 1 unspecified atom stereocenters. The molecule has 0 radical (unpaired) electrons. The number of rotatable bonds is 8. The predicted molar refractivity (Wildman–Crippen MR) is 102 cm³/mol. The molecule has 2 aromatic heterocycles. The molecular formula is C17H20ClF3N4OS. The number of thioether (sulfide) groups is 1. The summed E-state index contributed by atoms with van der Waals surface area (Å²) in [6.07, 6.45) is -0.0542. The Bertz CT molecular complexity index is 754. The molecule has 0 aliphatic heterocycles. The van der Waals surface area contributed by atoms with Gasteiger partial charge in [-0.3, -0.25) is 9.78 Å². The summed E-state index contributed by atoms with van der Waals surface area (Å²) in [7, 11) is 0. The second kappa shape index (κ2) is 9.45. The van der Waals surface area contributed by atoms with Crippen molar-refractivity contribution in [1.29, 1.82) is 0 Å². The summed E-state index contributed by atoms with van der Waals surface area (Å²) in [5, 5.41) is 3.78. The van der Waals surface area contributed by atoms with E-state index in [0.29, 0.717) is 23.7 Å². The quantitative estimate of drug-likeness (QED) is 0.619. The minimum absolute atomic E-state index is 0.120. The minimum atomic E-state index is -4.19. The van der Waals surface area contributed by atoms with Gasteiger partial charge in [0.1, 0.15) is 5.69 Å². The standard InChI is InChI=1S/C17H20ClF3N4OS/c1-3-24(15(26)6-8-27-12(2)9-17(19,20)21)14-11-25(23-16(14)18)13-5-4-7-22-10-13/h4-5,7,10-12H,3,6,8-9H2,1-2H3. The molecule has 0 saturated heterocycles. The van der Waals surface area contributed by atoms with E-state index in [-0.39, 0.29) is 17.5 Å². The molecule has 27 heavy (non-hydrogen) atoms. The Labute approximate surface area is 164 Å². The zero-order valence-corrected chi connectivity index (χ0v) is 16.5. The lowest BCUT2D eigenvalue weighted by Crippen LogP contribution is -2.31. The first-order valence-corrected chi connectivity index (χ1v) is 9.78. The molecule has 0 bridgehead atoms. The summed E-state index contributed by atoms with van der Waals surface area (Å²) in [5.74, 6) is 0.0952. The van der Waals surface area contributed by atoms with E-state index in [0.717, 1.165) is 11.8 Å². The van der Waals surface area contributed by atoms with E-state index in [1.165, 1.54) is 16.5 Å². The Morgan fingerprint density at radius 1 is 1.44 bits per heavy atom. The molecule has 0 saturated carbocycles. The van der Waals surface area contributed by atoms with Gasteiger partial charge in [0.25, 0.3) is 0 Å². The van der Waals surface area contributed by atoms with Gasteiger partial charge >= 0.3 is 6.18 Å². The molecular weight excluding hydrogens is 401 g/mol. The largest absolute Gasteiger partial charge is 0.390 e. The number of carbonyl (C=O) groups is 1. The number of hydrogen-bond acceptors (Lipinski definition) is 4. The number of nitrogens with zero attached hydrogens (tertiary/aromatic N) is 4. The van der Waals surface area contributed by atoms with Crippen molar-refractivity contribution in [2.45, 2.75) is 38.1 Å². The molecule has 2 aromatic rings. The molecule has 1 amide bonds. The highest BCUT2D eigenvalue weighted by Crippen LogP contribution is 2.29. The van der Waals surface area contributed by atoms with E-state index in [1.54, 1.807) is 37.6 Å². The molecule has 10 heteroatoms. The van der Waals surface area contributed by atoms with Crippen LogP contribution in [-0.2, 0) is 4.79 Å². The first-order valence-electron chi connectivity index (χ1n) is 8.35. The summed E-state index contributed by atoms with van der Waals surface area (Å²) in [4.78, 5) is 18.0. The Kier molecular flexibility index (Phi) is 7.55. The van der Waals surface area contributed by atoms with Crippen LogP contribution >= 0.6 is 23.4 Å². The van der Waals surface area contributed by atoms with E-state index in [9.17, 15) is 18.0 Å². The maximum atomic E-state index is 12.5. The van der Waals surface area contributed by atoms with Crippen LogP contribution in [0.5, 0.6) is 0 Å². The van der Waals surface area contributed by atoms with Crippen LogP contribution in [-0.4, -0.2) is 44.4 Å². The molecule has 1 atom stereocenters. The Morgan fingerprint density at radius 2 is 2.19 bits per heavy atom. The minimum Gasteiger partial charge on any atom is -0.308 e. The monoisotopic (exact) mass is 420 g/mol. The topological polar surface area (TPSA) is 51.0 Å². The Balaban J connectivity index is 2.00. The van der Waals surface area contributed by atoms with Crippen molar-refractivity contribution < 1.29 is 18.0 Å². The molecule has 0 spiro atoms. The van der Waals surface area contributed by atoms with Crippen LogP contribution in [0.2, 0.25) is 5.15 Å². The van der Waals surface area contributed by atoms with Crippen molar-refractivity contribution in [2.24, 2.45) is 0 Å². The number of aromatic nitrogens is 3. The molecule has 2 rings (SSSR count). The fraction of sp³-hybridized carbons (Fsp3) is 0.471. The maximum Gasteiger partial charge on any atom is 0.390 e. The van der Waals surface area contributed by atoms with Crippen LogP contribution < -0.4 is 4.90 Å². The van der Waals surface area contributed by atoms with Crippen molar-refractivity contribution in [3.05, 3.63) is 35.9 Å². The van der Waals surface area contributed by atoms with Crippen LogP contribution in [0.1, 0.15) is 26.7 Å². The third-order valence-electron chi connectivity index (χ3n) is 3.71. The Hall–Kier alpha value is -1.74. The molecule has 0 aliphatic rings. The molecule has 0 fully saturated rings. The first kappa shape index (κ1) is 21.6. The molecule has 0 aliphatic carbocycles. The molecule has 0 aromatic carbocycles. The van der Waals surface area contributed by atoms with Gasteiger partial charge < -0.3 is 4.90 Å². The number of alkyl halides is 3. The third kappa shape index (κ3) is 6.42. The summed E-state index contributed by atoms with van der Waals surface area (Å²) in [5.41, 5.74) is 1.16. The third-order valence-corrected chi connectivity index (χ3v) is 5.15. The maximum absolute atomic E-state index is 12.5. The first-order chi connectivity index (χ1) is 12.7.